The third-order valence-electron chi connectivity index (χ3n) is 2.75. The molecule has 0 saturated carbocycles. The van der Waals surface area contributed by atoms with Crippen LogP contribution in [0.4, 0.5) is 0 Å². The monoisotopic (exact) mass is 280 g/mol. The Balaban J connectivity index is 2.29. The van der Waals surface area contributed by atoms with Crippen LogP contribution in [-0.4, -0.2) is 36.6 Å². The van der Waals surface area contributed by atoms with E-state index in [1.807, 2.05) is 24.3 Å². The van der Waals surface area contributed by atoms with Gasteiger partial charge in [0.15, 0.2) is 0 Å². The van der Waals surface area contributed by atoms with Crippen LogP contribution in [0.2, 0.25) is 0 Å². The third-order valence-corrected chi connectivity index (χ3v) is 2.98. The zero-order chi connectivity index (χ0) is 14.3. The fourth-order valence-electron chi connectivity index (χ4n) is 1.98. The van der Waals surface area contributed by atoms with Crippen molar-refractivity contribution in [1.29, 1.82) is 0 Å². The quantitative estimate of drug-likeness (QED) is 0.587. The predicted octanol–water partition coefficient (Wildman–Crippen LogP) is 2.68. The first-order valence-electron chi connectivity index (χ1n) is 6.70. The van der Waals surface area contributed by atoms with Crippen molar-refractivity contribution in [3.63, 3.8) is 0 Å². The first-order valence-corrected chi connectivity index (χ1v) is 7.11. The molecule has 1 aromatic carbocycles. The van der Waals surface area contributed by atoms with Crippen LogP contribution in [0.25, 0.3) is 0 Å². The summed E-state index contributed by atoms with van der Waals surface area (Å²) in [6.07, 6.45) is 1.01. The smallest absolute Gasteiger partial charge is 0.119 e. The SMILES string of the molecule is CC(C)CN(C)CCCOc1cccc(C(N)=S)c1. The molecule has 106 valence electrons. The first-order chi connectivity index (χ1) is 8.99. The summed E-state index contributed by atoms with van der Waals surface area (Å²) < 4.78 is 5.71. The van der Waals surface area contributed by atoms with E-state index in [-0.39, 0.29) is 0 Å². The molecule has 0 radical (unpaired) electrons. The highest BCUT2D eigenvalue weighted by Gasteiger charge is 2.02. The van der Waals surface area contributed by atoms with Crippen LogP contribution in [0.1, 0.15) is 25.8 Å². The summed E-state index contributed by atoms with van der Waals surface area (Å²) in [4.78, 5) is 2.74. The van der Waals surface area contributed by atoms with E-state index in [4.69, 9.17) is 22.7 Å². The Hall–Kier alpha value is -1.13. The molecular formula is C15H24N2OS. The summed E-state index contributed by atoms with van der Waals surface area (Å²) in [6, 6.07) is 7.63. The van der Waals surface area contributed by atoms with Crippen molar-refractivity contribution < 1.29 is 4.74 Å². The van der Waals surface area contributed by atoms with Crippen molar-refractivity contribution >= 4 is 17.2 Å². The highest BCUT2D eigenvalue weighted by molar-refractivity contribution is 7.80. The number of hydrogen-bond acceptors (Lipinski definition) is 3. The summed E-state index contributed by atoms with van der Waals surface area (Å²) in [6.45, 7) is 7.34. The van der Waals surface area contributed by atoms with Crippen molar-refractivity contribution in [3.8, 4) is 5.75 Å². The average molecular weight is 280 g/mol. The normalized spacial score (nSPS) is 11.0. The largest absolute Gasteiger partial charge is 0.494 e. The summed E-state index contributed by atoms with van der Waals surface area (Å²) in [5.41, 5.74) is 6.44. The van der Waals surface area contributed by atoms with Gasteiger partial charge in [-0.25, -0.2) is 0 Å². The maximum absolute atomic E-state index is 5.71. The van der Waals surface area contributed by atoms with Crippen molar-refractivity contribution in [3.05, 3.63) is 29.8 Å². The molecule has 3 nitrogen and oxygen atoms in total. The van der Waals surface area contributed by atoms with E-state index in [1.54, 1.807) is 0 Å². The second-order valence-electron chi connectivity index (χ2n) is 5.25. The van der Waals surface area contributed by atoms with Gasteiger partial charge in [-0.1, -0.05) is 38.2 Å². The van der Waals surface area contributed by atoms with Gasteiger partial charge in [-0.15, -0.1) is 0 Å². The van der Waals surface area contributed by atoms with Crippen LogP contribution < -0.4 is 10.5 Å². The van der Waals surface area contributed by atoms with Gasteiger partial charge in [0.1, 0.15) is 10.7 Å². The lowest BCUT2D eigenvalue weighted by Crippen LogP contribution is -2.25. The van der Waals surface area contributed by atoms with Crippen molar-refractivity contribution in [2.24, 2.45) is 11.7 Å². The Morgan fingerprint density at radius 3 is 2.79 bits per heavy atom. The number of benzene rings is 1. The summed E-state index contributed by atoms with van der Waals surface area (Å²) >= 11 is 4.95. The van der Waals surface area contributed by atoms with E-state index in [0.717, 1.165) is 30.8 Å². The summed E-state index contributed by atoms with van der Waals surface area (Å²) in [5.74, 6) is 1.53. The molecule has 0 aliphatic rings. The summed E-state index contributed by atoms with van der Waals surface area (Å²) in [5, 5.41) is 0. The molecule has 0 aliphatic carbocycles. The number of nitrogens with zero attached hydrogens (tertiary/aromatic N) is 1. The Bertz CT molecular complexity index is 407. The molecule has 1 aromatic rings. The van der Waals surface area contributed by atoms with Crippen molar-refractivity contribution in [2.45, 2.75) is 20.3 Å². The minimum absolute atomic E-state index is 0.405. The maximum atomic E-state index is 5.71. The fourth-order valence-corrected chi connectivity index (χ4v) is 2.11. The van der Waals surface area contributed by atoms with E-state index >= 15 is 0 Å². The maximum Gasteiger partial charge on any atom is 0.119 e. The number of hydrogen-bond donors (Lipinski definition) is 1. The Labute approximate surface area is 121 Å². The topological polar surface area (TPSA) is 38.5 Å². The van der Waals surface area contributed by atoms with E-state index in [1.165, 1.54) is 0 Å². The molecule has 0 aliphatic heterocycles. The summed E-state index contributed by atoms with van der Waals surface area (Å²) in [7, 11) is 2.15. The van der Waals surface area contributed by atoms with Gasteiger partial charge in [-0.3, -0.25) is 0 Å². The molecule has 0 saturated heterocycles. The number of nitrogens with two attached hydrogens (primary N) is 1. The zero-order valence-electron chi connectivity index (χ0n) is 12.1. The van der Waals surface area contributed by atoms with Gasteiger partial charge in [0, 0.05) is 18.7 Å². The number of ether oxygens (including phenoxy) is 1. The van der Waals surface area contributed by atoms with Crippen LogP contribution in [0.5, 0.6) is 5.75 Å². The van der Waals surface area contributed by atoms with E-state index in [2.05, 4.69) is 25.8 Å². The van der Waals surface area contributed by atoms with E-state index < -0.39 is 0 Å². The van der Waals surface area contributed by atoms with Gasteiger partial charge in [0.25, 0.3) is 0 Å². The molecule has 0 bridgehead atoms. The molecule has 0 spiro atoms. The number of rotatable bonds is 8. The van der Waals surface area contributed by atoms with Gasteiger partial charge in [0.05, 0.1) is 6.61 Å². The Morgan fingerprint density at radius 2 is 2.16 bits per heavy atom. The lowest BCUT2D eigenvalue weighted by atomic mass is 10.2. The molecule has 2 N–H and O–H groups in total. The molecule has 0 atom stereocenters. The molecule has 1 rings (SSSR count). The Kier molecular flexibility index (Phi) is 6.81. The minimum Gasteiger partial charge on any atom is -0.494 e. The highest BCUT2D eigenvalue weighted by Crippen LogP contribution is 2.13. The standard InChI is InChI=1S/C15H24N2OS/c1-12(2)11-17(3)8-5-9-18-14-7-4-6-13(10-14)15(16)19/h4,6-7,10,12H,5,8-9,11H2,1-3H3,(H2,16,19). The Morgan fingerprint density at radius 1 is 1.42 bits per heavy atom. The minimum atomic E-state index is 0.405. The molecule has 0 aromatic heterocycles. The van der Waals surface area contributed by atoms with Gasteiger partial charge in [0.2, 0.25) is 0 Å². The molecule has 0 fully saturated rings. The highest BCUT2D eigenvalue weighted by atomic mass is 32.1. The van der Waals surface area contributed by atoms with Gasteiger partial charge >= 0.3 is 0 Å². The van der Waals surface area contributed by atoms with Crippen molar-refractivity contribution in [2.75, 3.05) is 26.7 Å². The van der Waals surface area contributed by atoms with Crippen LogP contribution in [0.15, 0.2) is 24.3 Å². The molecule has 19 heavy (non-hydrogen) atoms. The number of thiocarbonyl (C=S) groups is 1. The molecule has 0 unspecified atom stereocenters. The van der Waals surface area contributed by atoms with Crippen LogP contribution in [0.3, 0.4) is 0 Å². The zero-order valence-corrected chi connectivity index (χ0v) is 12.9. The van der Waals surface area contributed by atoms with Crippen LogP contribution in [0, 0.1) is 5.92 Å². The lowest BCUT2D eigenvalue weighted by Gasteiger charge is -2.18. The second-order valence-corrected chi connectivity index (χ2v) is 5.69. The molecule has 4 heteroatoms. The average Bonchev–Trinajstić information content (AvgIpc) is 2.34. The predicted molar refractivity (Wildman–Crippen MR) is 84.8 cm³/mol. The van der Waals surface area contributed by atoms with Crippen molar-refractivity contribution in [1.82, 2.24) is 4.90 Å². The van der Waals surface area contributed by atoms with Gasteiger partial charge < -0.3 is 15.4 Å². The van der Waals surface area contributed by atoms with Crippen LogP contribution >= 0.6 is 12.2 Å². The second kappa shape index (κ2) is 8.12. The van der Waals surface area contributed by atoms with Gasteiger partial charge in [-0.2, -0.15) is 0 Å². The lowest BCUT2D eigenvalue weighted by molar-refractivity contribution is 0.247. The molecule has 0 heterocycles. The van der Waals surface area contributed by atoms with E-state index in [9.17, 15) is 0 Å². The molecular weight excluding hydrogens is 256 g/mol. The molecule has 0 amide bonds. The van der Waals surface area contributed by atoms with Gasteiger partial charge in [-0.05, 0) is 31.5 Å². The van der Waals surface area contributed by atoms with E-state index in [0.29, 0.717) is 17.5 Å². The van der Waals surface area contributed by atoms with Crippen LogP contribution in [-0.2, 0) is 0 Å². The first kappa shape index (κ1) is 15.9. The fraction of sp³-hybridized carbons (Fsp3) is 0.533. The third kappa shape index (κ3) is 6.55.